The van der Waals surface area contributed by atoms with Gasteiger partial charge in [0.25, 0.3) is 0 Å². The molecule has 1 heterocycles. The van der Waals surface area contributed by atoms with Gasteiger partial charge >= 0.3 is 12.1 Å². The normalized spacial score (nSPS) is 13.4. The van der Waals surface area contributed by atoms with Crippen LogP contribution in [0.4, 0.5) is 18.9 Å². The molecule has 1 atom stereocenters. The summed E-state index contributed by atoms with van der Waals surface area (Å²) in [7, 11) is 1.24. The first-order valence-electron chi connectivity index (χ1n) is 6.23. The van der Waals surface area contributed by atoms with Crippen LogP contribution in [-0.4, -0.2) is 17.6 Å². The molecule has 1 aromatic heterocycles. The van der Waals surface area contributed by atoms with Crippen LogP contribution in [0.2, 0.25) is 0 Å². The fourth-order valence-electron chi connectivity index (χ4n) is 2.56. The van der Waals surface area contributed by atoms with Crippen LogP contribution >= 0.6 is 0 Å². The minimum Gasteiger partial charge on any atom is -0.467 e. The largest absolute Gasteiger partial charge is 0.467 e. The number of alkyl halides is 3. The number of aryl methyl sites for hydroxylation is 1. The molecule has 0 aliphatic rings. The van der Waals surface area contributed by atoms with E-state index in [0.29, 0.717) is 11.2 Å². The van der Waals surface area contributed by atoms with Gasteiger partial charge in [-0.05, 0) is 32.0 Å². The number of aromatic nitrogens is 1. The van der Waals surface area contributed by atoms with E-state index in [4.69, 9.17) is 5.73 Å². The van der Waals surface area contributed by atoms with Crippen molar-refractivity contribution in [1.29, 1.82) is 0 Å². The summed E-state index contributed by atoms with van der Waals surface area (Å²) in [6, 6.07) is 3.34. The smallest absolute Gasteiger partial charge is 0.419 e. The number of hydrogen-bond acceptors (Lipinski definition) is 3. The van der Waals surface area contributed by atoms with Crippen LogP contribution in [-0.2, 0) is 15.7 Å². The van der Waals surface area contributed by atoms with Gasteiger partial charge in [-0.2, -0.15) is 13.2 Å². The van der Waals surface area contributed by atoms with Crippen LogP contribution in [0.5, 0.6) is 0 Å². The van der Waals surface area contributed by atoms with E-state index < -0.39 is 23.8 Å². The van der Waals surface area contributed by atoms with E-state index >= 15 is 0 Å². The van der Waals surface area contributed by atoms with Crippen LogP contribution in [0, 0.1) is 6.92 Å². The second kappa shape index (κ2) is 4.98. The molecule has 1 aromatic carbocycles. The first-order valence-corrected chi connectivity index (χ1v) is 6.23. The molecule has 0 radical (unpaired) electrons. The Bertz CT molecular complexity index is 704. The van der Waals surface area contributed by atoms with E-state index in [2.05, 4.69) is 4.74 Å². The van der Waals surface area contributed by atoms with Gasteiger partial charge in [-0.1, -0.05) is 0 Å². The molecule has 2 aromatic rings. The Morgan fingerprint density at radius 2 is 2.00 bits per heavy atom. The maximum absolute atomic E-state index is 13.2. The average Bonchev–Trinajstić information content (AvgIpc) is 2.70. The van der Waals surface area contributed by atoms with Crippen molar-refractivity contribution < 1.29 is 22.7 Å². The van der Waals surface area contributed by atoms with Crippen molar-refractivity contribution >= 4 is 22.6 Å². The molecule has 0 saturated heterocycles. The van der Waals surface area contributed by atoms with Crippen LogP contribution < -0.4 is 5.73 Å². The summed E-state index contributed by atoms with van der Waals surface area (Å²) < 4.78 is 45.7. The van der Waals surface area contributed by atoms with Gasteiger partial charge in [-0.3, -0.25) is 0 Å². The zero-order chi connectivity index (χ0) is 15.9. The average molecular weight is 300 g/mol. The fraction of sp³-hybridized carbons (Fsp3) is 0.357. The van der Waals surface area contributed by atoms with Gasteiger partial charge in [0.1, 0.15) is 6.04 Å². The number of anilines is 1. The highest BCUT2D eigenvalue weighted by molar-refractivity contribution is 5.91. The molecule has 0 fully saturated rings. The van der Waals surface area contributed by atoms with Gasteiger partial charge in [0, 0.05) is 22.3 Å². The number of benzene rings is 1. The number of ether oxygens (including phenoxy) is 1. The Morgan fingerprint density at radius 1 is 1.38 bits per heavy atom. The predicted molar refractivity (Wildman–Crippen MR) is 72.8 cm³/mol. The van der Waals surface area contributed by atoms with E-state index in [1.807, 2.05) is 0 Å². The maximum atomic E-state index is 13.2. The molecule has 114 valence electrons. The van der Waals surface area contributed by atoms with Crippen molar-refractivity contribution in [1.82, 2.24) is 4.57 Å². The van der Waals surface area contributed by atoms with Crippen molar-refractivity contribution in [2.24, 2.45) is 0 Å². The predicted octanol–water partition coefficient (Wildman–Crippen LogP) is 3.28. The van der Waals surface area contributed by atoms with Crippen LogP contribution in [0.25, 0.3) is 10.9 Å². The number of carbonyl (C=O) groups excluding carboxylic acids is 1. The van der Waals surface area contributed by atoms with Gasteiger partial charge in [0.2, 0.25) is 0 Å². The molecule has 0 spiro atoms. The van der Waals surface area contributed by atoms with Gasteiger partial charge in [-0.25, -0.2) is 4.79 Å². The quantitative estimate of drug-likeness (QED) is 0.684. The lowest BCUT2D eigenvalue weighted by molar-refractivity contribution is -0.144. The molecule has 4 nitrogen and oxygen atoms in total. The Balaban J connectivity index is 2.78. The molecule has 2 rings (SSSR count). The number of hydrogen-bond donors (Lipinski definition) is 1. The Morgan fingerprint density at radius 3 is 2.52 bits per heavy atom. The summed E-state index contributed by atoms with van der Waals surface area (Å²) in [5.41, 5.74) is 5.09. The Hall–Kier alpha value is -2.18. The third kappa shape index (κ3) is 2.43. The SMILES string of the molecule is COC(=O)C(C)n1c(C)cc2c(C(F)(F)F)c(N)ccc21. The van der Waals surface area contributed by atoms with E-state index in [-0.39, 0.29) is 11.1 Å². The summed E-state index contributed by atoms with van der Waals surface area (Å²) in [6.45, 7) is 3.21. The number of nitrogens with zero attached hydrogens (tertiary/aromatic N) is 1. The zero-order valence-electron chi connectivity index (χ0n) is 11.8. The number of nitrogen functional groups attached to an aromatic ring is 1. The monoisotopic (exact) mass is 300 g/mol. The van der Waals surface area contributed by atoms with Gasteiger partial charge in [-0.15, -0.1) is 0 Å². The van der Waals surface area contributed by atoms with E-state index in [0.717, 1.165) is 0 Å². The molecule has 21 heavy (non-hydrogen) atoms. The first-order chi connectivity index (χ1) is 9.68. The fourth-order valence-corrected chi connectivity index (χ4v) is 2.56. The third-order valence-corrected chi connectivity index (χ3v) is 3.46. The van der Waals surface area contributed by atoms with Crippen molar-refractivity contribution in [3.05, 3.63) is 29.5 Å². The number of fused-ring (bicyclic) bond motifs is 1. The number of carbonyl (C=O) groups is 1. The highest BCUT2D eigenvalue weighted by Gasteiger charge is 2.36. The molecule has 0 bridgehead atoms. The van der Waals surface area contributed by atoms with Crippen LogP contribution in [0.3, 0.4) is 0 Å². The molecule has 0 saturated carbocycles. The standard InChI is InChI=1S/C14H15F3N2O2/c1-7-6-9-11(19(7)8(2)13(20)21-3)5-4-10(18)12(9)14(15,16)17/h4-6,8H,18H2,1-3H3. The van der Waals surface area contributed by atoms with Crippen LogP contribution in [0.15, 0.2) is 18.2 Å². The number of rotatable bonds is 2. The second-order valence-corrected chi connectivity index (χ2v) is 4.82. The molecule has 0 aliphatic carbocycles. The van der Waals surface area contributed by atoms with E-state index in [1.54, 1.807) is 13.8 Å². The summed E-state index contributed by atoms with van der Waals surface area (Å²) in [5, 5.41) is -0.0178. The maximum Gasteiger partial charge on any atom is 0.419 e. The first kappa shape index (κ1) is 15.2. The van der Waals surface area contributed by atoms with Crippen molar-refractivity contribution in [2.45, 2.75) is 26.1 Å². The summed E-state index contributed by atoms with van der Waals surface area (Å²) >= 11 is 0. The van der Waals surface area contributed by atoms with E-state index in [9.17, 15) is 18.0 Å². The molecular formula is C14H15F3N2O2. The third-order valence-electron chi connectivity index (χ3n) is 3.46. The molecule has 1 unspecified atom stereocenters. The highest BCUT2D eigenvalue weighted by Crippen LogP contribution is 2.40. The van der Waals surface area contributed by atoms with Gasteiger partial charge < -0.3 is 15.0 Å². The summed E-state index contributed by atoms with van der Waals surface area (Å²) in [6.07, 6.45) is -4.56. The lowest BCUT2D eigenvalue weighted by atomic mass is 10.1. The Labute approximate surface area is 119 Å². The number of esters is 1. The lowest BCUT2D eigenvalue weighted by Crippen LogP contribution is -2.18. The second-order valence-electron chi connectivity index (χ2n) is 4.82. The number of halogens is 3. The van der Waals surface area contributed by atoms with Crippen molar-refractivity contribution in [2.75, 3.05) is 12.8 Å². The van der Waals surface area contributed by atoms with Crippen molar-refractivity contribution in [3.63, 3.8) is 0 Å². The topological polar surface area (TPSA) is 57.2 Å². The molecule has 0 aliphatic heterocycles. The highest BCUT2D eigenvalue weighted by atomic mass is 19.4. The molecule has 0 amide bonds. The minimum absolute atomic E-state index is 0.0178. The molecule has 2 N–H and O–H groups in total. The van der Waals surface area contributed by atoms with Crippen molar-refractivity contribution in [3.8, 4) is 0 Å². The summed E-state index contributed by atoms with van der Waals surface area (Å²) in [4.78, 5) is 11.7. The number of nitrogens with two attached hydrogens (primary N) is 1. The minimum atomic E-state index is -4.56. The van der Waals surface area contributed by atoms with Crippen LogP contribution in [0.1, 0.15) is 24.2 Å². The zero-order valence-corrected chi connectivity index (χ0v) is 11.8. The van der Waals surface area contributed by atoms with Gasteiger partial charge in [0.05, 0.1) is 12.7 Å². The Kier molecular flexibility index (Phi) is 3.61. The van der Waals surface area contributed by atoms with Gasteiger partial charge in [0.15, 0.2) is 0 Å². The molecular weight excluding hydrogens is 285 g/mol. The number of methoxy groups -OCH3 is 1. The summed E-state index contributed by atoms with van der Waals surface area (Å²) in [5.74, 6) is -0.527. The lowest BCUT2D eigenvalue weighted by Gasteiger charge is -2.16. The molecule has 7 heteroatoms. The van der Waals surface area contributed by atoms with E-state index in [1.165, 1.54) is 29.9 Å².